The Kier molecular flexibility index (Phi) is 6.82. The highest BCUT2D eigenvalue weighted by Crippen LogP contribution is 2.42. The topological polar surface area (TPSA) is 0 Å². The van der Waals surface area contributed by atoms with E-state index in [0.717, 1.165) is 12.1 Å². The van der Waals surface area contributed by atoms with Crippen molar-refractivity contribution in [2.24, 2.45) is 0 Å². The second kappa shape index (κ2) is 8.38. The van der Waals surface area contributed by atoms with Gasteiger partial charge >= 0.3 is 6.18 Å². The monoisotopic (exact) mass is 442 g/mol. The minimum Gasteiger partial charge on any atom is -0.243 e. The largest absolute Gasteiger partial charge is 0.399 e. The summed E-state index contributed by atoms with van der Waals surface area (Å²) in [6.07, 6.45) is -5.78. The van der Waals surface area contributed by atoms with Crippen LogP contribution in [0, 0.1) is 6.92 Å². The van der Waals surface area contributed by atoms with Gasteiger partial charge in [0, 0.05) is 5.56 Å². The fourth-order valence-electron chi connectivity index (χ4n) is 2.59. The standard InChI is InChI=1S/C19H14Cl3F5/c1-9-3-4-11(5-13(9)10(2)23)17(24)8-14(19(25,26)27)12-6-15(20)18(22)16(21)7-12/h3-8,10,14H,1-2H3/b17-8-. The molecule has 2 aromatic rings. The Morgan fingerprint density at radius 2 is 1.59 bits per heavy atom. The molecule has 0 radical (unpaired) electrons. The van der Waals surface area contributed by atoms with Gasteiger partial charge in [0.05, 0.1) is 15.1 Å². The Hall–Kier alpha value is -1.30. The van der Waals surface area contributed by atoms with Gasteiger partial charge in [-0.3, -0.25) is 0 Å². The summed E-state index contributed by atoms with van der Waals surface area (Å²) >= 11 is 17.4. The predicted molar refractivity (Wildman–Crippen MR) is 100 cm³/mol. The quantitative estimate of drug-likeness (QED) is 0.328. The number of hydrogen-bond acceptors (Lipinski definition) is 0. The van der Waals surface area contributed by atoms with Gasteiger partial charge in [0.15, 0.2) is 0 Å². The molecule has 27 heavy (non-hydrogen) atoms. The minimum atomic E-state index is -4.81. The van der Waals surface area contributed by atoms with Crippen LogP contribution in [0.3, 0.4) is 0 Å². The number of halogens is 8. The van der Waals surface area contributed by atoms with Crippen LogP contribution in [0.1, 0.15) is 41.3 Å². The molecule has 0 aliphatic carbocycles. The van der Waals surface area contributed by atoms with Crippen molar-refractivity contribution in [3.05, 3.63) is 73.7 Å². The van der Waals surface area contributed by atoms with E-state index in [1.807, 2.05) is 0 Å². The lowest BCUT2D eigenvalue weighted by molar-refractivity contribution is -0.139. The summed E-state index contributed by atoms with van der Waals surface area (Å²) < 4.78 is 68.8. The summed E-state index contributed by atoms with van der Waals surface area (Å²) in [5.74, 6) is -3.45. The first-order valence-electron chi connectivity index (χ1n) is 7.75. The van der Waals surface area contributed by atoms with E-state index < -0.39 is 24.1 Å². The van der Waals surface area contributed by atoms with Gasteiger partial charge < -0.3 is 0 Å². The van der Waals surface area contributed by atoms with Crippen LogP contribution >= 0.6 is 34.8 Å². The van der Waals surface area contributed by atoms with Gasteiger partial charge in [-0.15, -0.1) is 0 Å². The van der Waals surface area contributed by atoms with E-state index in [9.17, 15) is 22.0 Å². The number of alkyl halides is 4. The summed E-state index contributed by atoms with van der Waals surface area (Å²) in [4.78, 5) is 0. The molecule has 0 spiro atoms. The van der Waals surface area contributed by atoms with Crippen LogP contribution in [0.2, 0.25) is 15.1 Å². The zero-order valence-corrected chi connectivity index (χ0v) is 16.4. The highest BCUT2D eigenvalue weighted by Gasteiger charge is 2.40. The van der Waals surface area contributed by atoms with E-state index in [2.05, 4.69) is 0 Å². The van der Waals surface area contributed by atoms with Crippen molar-refractivity contribution in [3.63, 3.8) is 0 Å². The van der Waals surface area contributed by atoms with Gasteiger partial charge in [-0.2, -0.15) is 13.2 Å². The summed E-state index contributed by atoms with van der Waals surface area (Å²) in [6, 6.07) is 5.92. The smallest absolute Gasteiger partial charge is 0.243 e. The molecule has 0 saturated heterocycles. The zero-order chi connectivity index (χ0) is 20.5. The molecular formula is C19H14Cl3F5. The molecule has 146 valence electrons. The third kappa shape index (κ3) is 5.15. The SMILES string of the molecule is Cc1ccc(/C(F)=C/C(c2cc(Cl)c(Cl)c(Cl)c2)C(F)(F)F)cc1C(C)F. The Morgan fingerprint density at radius 3 is 2.07 bits per heavy atom. The average molecular weight is 444 g/mol. The fourth-order valence-corrected chi connectivity index (χ4v) is 3.21. The molecule has 0 amide bonds. The molecule has 2 rings (SSSR count). The second-order valence-electron chi connectivity index (χ2n) is 6.02. The van der Waals surface area contributed by atoms with Gasteiger partial charge in [0.1, 0.15) is 17.9 Å². The summed E-state index contributed by atoms with van der Waals surface area (Å²) in [7, 11) is 0. The molecule has 0 N–H and O–H groups in total. The van der Waals surface area contributed by atoms with Crippen molar-refractivity contribution in [2.45, 2.75) is 32.1 Å². The molecule has 0 heterocycles. The van der Waals surface area contributed by atoms with Crippen molar-refractivity contribution in [2.75, 3.05) is 0 Å². The number of rotatable bonds is 4. The first-order valence-corrected chi connectivity index (χ1v) is 8.88. The molecule has 2 atom stereocenters. The third-order valence-electron chi connectivity index (χ3n) is 4.01. The molecule has 0 aliphatic heterocycles. The Labute approximate surface area is 168 Å². The lowest BCUT2D eigenvalue weighted by Gasteiger charge is -2.19. The zero-order valence-electron chi connectivity index (χ0n) is 14.1. The van der Waals surface area contributed by atoms with Crippen LogP contribution in [-0.2, 0) is 0 Å². The minimum absolute atomic E-state index is 0.0902. The molecule has 0 fully saturated rings. The Bertz CT molecular complexity index is 849. The van der Waals surface area contributed by atoms with Crippen molar-refractivity contribution < 1.29 is 22.0 Å². The molecule has 0 aromatic heterocycles. The summed E-state index contributed by atoms with van der Waals surface area (Å²) in [5, 5.41) is -0.440. The van der Waals surface area contributed by atoms with Crippen LogP contribution < -0.4 is 0 Å². The van der Waals surface area contributed by atoms with Gasteiger partial charge in [-0.1, -0.05) is 46.9 Å². The fraction of sp³-hybridized carbons (Fsp3) is 0.263. The first kappa shape index (κ1) is 22.0. The predicted octanol–water partition coefficient (Wildman–Crippen LogP) is 8.64. The van der Waals surface area contributed by atoms with Crippen molar-refractivity contribution >= 4 is 40.6 Å². The van der Waals surface area contributed by atoms with E-state index in [-0.39, 0.29) is 31.8 Å². The van der Waals surface area contributed by atoms with E-state index in [1.54, 1.807) is 6.92 Å². The number of allylic oxidation sites excluding steroid dienone is 1. The highest BCUT2D eigenvalue weighted by molar-refractivity contribution is 6.48. The van der Waals surface area contributed by atoms with Crippen molar-refractivity contribution in [1.82, 2.24) is 0 Å². The second-order valence-corrected chi connectivity index (χ2v) is 7.21. The highest BCUT2D eigenvalue weighted by atomic mass is 35.5. The average Bonchev–Trinajstić information content (AvgIpc) is 2.56. The number of aryl methyl sites for hydroxylation is 1. The molecule has 0 nitrogen and oxygen atoms in total. The molecule has 8 heteroatoms. The molecule has 2 unspecified atom stereocenters. The third-order valence-corrected chi connectivity index (χ3v) is 5.21. The van der Waals surface area contributed by atoms with E-state index in [4.69, 9.17) is 34.8 Å². The summed E-state index contributed by atoms with van der Waals surface area (Å²) in [5.41, 5.74) is 0.270. The lowest BCUT2D eigenvalue weighted by Crippen LogP contribution is -2.19. The molecular weight excluding hydrogens is 430 g/mol. The van der Waals surface area contributed by atoms with Crippen molar-refractivity contribution in [3.8, 4) is 0 Å². The van der Waals surface area contributed by atoms with Crippen molar-refractivity contribution in [1.29, 1.82) is 0 Å². The maximum Gasteiger partial charge on any atom is 0.399 e. The Morgan fingerprint density at radius 1 is 1.04 bits per heavy atom. The van der Waals surface area contributed by atoms with Gasteiger partial charge in [0.2, 0.25) is 0 Å². The molecule has 0 aliphatic rings. The number of hydrogen-bond donors (Lipinski definition) is 0. The van der Waals surface area contributed by atoms with Gasteiger partial charge in [-0.05, 0) is 54.8 Å². The Balaban J connectivity index is 2.55. The van der Waals surface area contributed by atoms with Crippen LogP contribution in [0.25, 0.3) is 5.83 Å². The van der Waals surface area contributed by atoms with Crippen LogP contribution in [-0.4, -0.2) is 6.18 Å². The summed E-state index contributed by atoms with van der Waals surface area (Å²) in [6.45, 7) is 2.90. The number of benzene rings is 2. The maximum atomic E-state index is 14.6. The van der Waals surface area contributed by atoms with Gasteiger partial charge in [0.25, 0.3) is 0 Å². The van der Waals surface area contributed by atoms with Crippen LogP contribution in [0.4, 0.5) is 22.0 Å². The first-order chi connectivity index (χ1) is 12.4. The van der Waals surface area contributed by atoms with E-state index in [1.165, 1.54) is 25.1 Å². The molecule has 0 bridgehead atoms. The molecule has 2 aromatic carbocycles. The normalized spacial score (nSPS) is 15.0. The van der Waals surface area contributed by atoms with Crippen LogP contribution in [0.15, 0.2) is 36.4 Å². The van der Waals surface area contributed by atoms with E-state index in [0.29, 0.717) is 11.6 Å². The lowest BCUT2D eigenvalue weighted by atomic mass is 9.95. The van der Waals surface area contributed by atoms with E-state index >= 15 is 0 Å². The maximum absolute atomic E-state index is 14.6. The molecule has 0 saturated carbocycles. The van der Waals surface area contributed by atoms with Gasteiger partial charge in [-0.25, -0.2) is 8.78 Å². The van der Waals surface area contributed by atoms with Crippen LogP contribution in [0.5, 0.6) is 0 Å².